The number of rotatable bonds is 7. The number of aliphatic hydroxyl groups is 1. The quantitative estimate of drug-likeness (QED) is 0.783. The van der Waals surface area contributed by atoms with Crippen LogP contribution in [-0.4, -0.2) is 41.7 Å². The molecule has 0 aromatic heterocycles. The normalized spacial score (nSPS) is 17.3. The summed E-state index contributed by atoms with van der Waals surface area (Å²) in [4.78, 5) is 13.9. The molecule has 1 fully saturated rings. The van der Waals surface area contributed by atoms with Crippen LogP contribution in [0.3, 0.4) is 0 Å². The second-order valence-corrected chi connectivity index (χ2v) is 5.51. The second-order valence-electron chi connectivity index (χ2n) is 5.51. The fourth-order valence-corrected chi connectivity index (χ4v) is 2.72. The first-order valence-corrected chi connectivity index (χ1v) is 7.78. The van der Waals surface area contributed by atoms with E-state index in [2.05, 4.69) is 6.07 Å². The molecule has 1 aromatic rings. The number of amides is 1. The maximum Gasteiger partial charge on any atom is 0.222 e. The summed E-state index contributed by atoms with van der Waals surface area (Å²) < 4.78 is 5.58. The Balaban J connectivity index is 1.65. The summed E-state index contributed by atoms with van der Waals surface area (Å²) in [6.45, 7) is 1.36. The molecule has 0 spiro atoms. The van der Waals surface area contributed by atoms with Crippen LogP contribution in [0.5, 0.6) is 5.75 Å². The number of benzene rings is 1. The van der Waals surface area contributed by atoms with Gasteiger partial charge in [-0.25, -0.2) is 0 Å². The molecule has 1 amide bonds. The number of carbonyl (C=O) groups is 1. The van der Waals surface area contributed by atoms with E-state index in [9.17, 15) is 9.90 Å². The van der Waals surface area contributed by atoms with E-state index in [0.29, 0.717) is 24.3 Å². The van der Waals surface area contributed by atoms with E-state index >= 15 is 0 Å². The van der Waals surface area contributed by atoms with E-state index in [-0.39, 0.29) is 18.6 Å². The van der Waals surface area contributed by atoms with Crippen molar-refractivity contribution in [2.45, 2.75) is 38.1 Å². The molecular formula is C17H22N2O3. The predicted octanol–water partition coefficient (Wildman–Crippen LogP) is 2.09. The first kappa shape index (κ1) is 16.3. The highest BCUT2D eigenvalue weighted by molar-refractivity contribution is 5.76. The largest absolute Gasteiger partial charge is 0.494 e. The molecule has 0 unspecified atom stereocenters. The molecule has 0 aliphatic carbocycles. The second kappa shape index (κ2) is 8.40. The van der Waals surface area contributed by atoms with Crippen molar-refractivity contribution >= 4 is 5.91 Å². The fourth-order valence-electron chi connectivity index (χ4n) is 2.72. The van der Waals surface area contributed by atoms with Crippen molar-refractivity contribution < 1.29 is 14.6 Å². The number of carbonyl (C=O) groups excluding carboxylic acids is 1. The summed E-state index contributed by atoms with van der Waals surface area (Å²) in [5.74, 6) is 0.813. The molecule has 5 heteroatoms. The first-order chi connectivity index (χ1) is 10.7. The minimum Gasteiger partial charge on any atom is -0.494 e. The van der Waals surface area contributed by atoms with Crippen LogP contribution in [0, 0.1) is 11.3 Å². The summed E-state index contributed by atoms with van der Waals surface area (Å²) in [6.07, 6.45) is 3.94. The Hall–Kier alpha value is -2.06. The van der Waals surface area contributed by atoms with Gasteiger partial charge in [-0.1, -0.05) is 6.07 Å². The highest BCUT2D eigenvalue weighted by Gasteiger charge is 2.27. The molecule has 1 atom stereocenters. The smallest absolute Gasteiger partial charge is 0.222 e. The Labute approximate surface area is 131 Å². The van der Waals surface area contributed by atoms with Crippen LogP contribution in [0.25, 0.3) is 0 Å². The van der Waals surface area contributed by atoms with Crippen LogP contribution >= 0.6 is 0 Å². The zero-order valence-electron chi connectivity index (χ0n) is 12.7. The Bertz CT molecular complexity index is 539. The monoisotopic (exact) mass is 302 g/mol. The van der Waals surface area contributed by atoms with Gasteiger partial charge in [0, 0.05) is 13.0 Å². The number of unbranched alkanes of at least 4 members (excludes halogenated alkanes) is 1. The summed E-state index contributed by atoms with van der Waals surface area (Å²) in [6, 6.07) is 9.14. The number of hydrogen-bond acceptors (Lipinski definition) is 4. The van der Waals surface area contributed by atoms with Gasteiger partial charge in [0.15, 0.2) is 0 Å². The molecule has 0 saturated carbocycles. The van der Waals surface area contributed by atoms with Gasteiger partial charge in [0.05, 0.1) is 30.9 Å². The summed E-state index contributed by atoms with van der Waals surface area (Å²) in [5.41, 5.74) is 0.580. The minimum atomic E-state index is 0.0115. The topological polar surface area (TPSA) is 73.6 Å². The lowest BCUT2D eigenvalue weighted by Crippen LogP contribution is -2.37. The molecule has 1 N–H and O–H groups in total. The Morgan fingerprint density at radius 3 is 3.09 bits per heavy atom. The third-order valence-electron chi connectivity index (χ3n) is 3.93. The fraction of sp³-hybridized carbons (Fsp3) is 0.529. The molecule has 118 valence electrons. The summed E-state index contributed by atoms with van der Waals surface area (Å²) in [7, 11) is 0. The van der Waals surface area contributed by atoms with Crippen molar-refractivity contribution in [1.29, 1.82) is 5.26 Å². The molecule has 0 radical (unpaired) electrons. The number of nitriles is 1. The van der Waals surface area contributed by atoms with Crippen LogP contribution in [-0.2, 0) is 4.79 Å². The van der Waals surface area contributed by atoms with Crippen molar-refractivity contribution in [2.24, 2.45) is 0 Å². The average molecular weight is 302 g/mol. The minimum absolute atomic E-state index is 0.0115. The van der Waals surface area contributed by atoms with E-state index in [1.54, 1.807) is 23.1 Å². The number of hydrogen-bond donors (Lipinski definition) is 1. The SMILES string of the molecule is N#Cc1cccc(OCCCCC(=O)N2CCC[C@@H]2CO)c1. The number of nitrogens with zero attached hydrogens (tertiary/aromatic N) is 2. The van der Waals surface area contributed by atoms with Gasteiger partial charge in [0.1, 0.15) is 5.75 Å². The molecular weight excluding hydrogens is 280 g/mol. The van der Waals surface area contributed by atoms with Crippen molar-refractivity contribution in [2.75, 3.05) is 19.8 Å². The molecule has 1 aliphatic rings. The summed E-state index contributed by atoms with van der Waals surface area (Å²) in [5, 5.41) is 18.0. The molecule has 0 bridgehead atoms. The van der Waals surface area contributed by atoms with Gasteiger partial charge in [-0.15, -0.1) is 0 Å². The maximum atomic E-state index is 12.1. The van der Waals surface area contributed by atoms with Gasteiger partial charge < -0.3 is 14.7 Å². The Morgan fingerprint density at radius 1 is 1.45 bits per heavy atom. The van der Waals surface area contributed by atoms with E-state index < -0.39 is 0 Å². The van der Waals surface area contributed by atoms with Crippen LogP contribution in [0.15, 0.2) is 24.3 Å². The van der Waals surface area contributed by atoms with Crippen LogP contribution < -0.4 is 4.74 Å². The van der Waals surface area contributed by atoms with E-state index in [4.69, 9.17) is 10.00 Å². The van der Waals surface area contributed by atoms with E-state index in [1.165, 1.54) is 0 Å². The summed E-state index contributed by atoms with van der Waals surface area (Å²) >= 11 is 0. The molecule has 2 rings (SSSR count). The molecule has 1 saturated heterocycles. The molecule has 5 nitrogen and oxygen atoms in total. The average Bonchev–Trinajstić information content (AvgIpc) is 3.03. The van der Waals surface area contributed by atoms with E-state index in [0.717, 1.165) is 32.2 Å². The highest BCUT2D eigenvalue weighted by Crippen LogP contribution is 2.18. The van der Waals surface area contributed by atoms with Gasteiger partial charge in [-0.3, -0.25) is 4.79 Å². The van der Waals surface area contributed by atoms with Gasteiger partial charge in [-0.05, 0) is 43.9 Å². The predicted molar refractivity (Wildman–Crippen MR) is 82.3 cm³/mol. The molecule has 1 aromatic carbocycles. The van der Waals surface area contributed by atoms with Crippen molar-refractivity contribution in [3.63, 3.8) is 0 Å². The van der Waals surface area contributed by atoms with Gasteiger partial charge >= 0.3 is 0 Å². The number of ether oxygens (including phenoxy) is 1. The third kappa shape index (κ3) is 4.47. The lowest BCUT2D eigenvalue weighted by Gasteiger charge is -2.22. The Kier molecular flexibility index (Phi) is 6.23. The number of aliphatic hydroxyl groups excluding tert-OH is 1. The van der Waals surface area contributed by atoms with E-state index in [1.807, 2.05) is 6.07 Å². The number of likely N-dealkylation sites (tertiary alicyclic amines) is 1. The van der Waals surface area contributed by atoms with Crippen molar-refractivity contribution in [3.8, 4) is 11.8 Å². The maximum absolute atomic E-state index is 12.1. The van der Waals surface area contributed by atoms with Crippen molar-refractivity contribution in [3.05, 3.63) is 29.8 Å². The van der Waals surface area contributed by atoms with Crippen LogP contribution in [0.4, 0.5) is 0 Å². The van der Waals surface area contributed by atoms with Crippen molar-refractivity contribution in [1.82, 2.24) is 4.90 Å². The van der Waals surface area contributed by atoms with Gasteiger partial charge in [-0.2, -0.15) is 5.26 Å². The third-order valence-corrected chi connectivity index (χ3v) is 3.93. The lowest BCUT2D eigenvalue weighted by molar-refractivity contribution is -0.132. The first-order valence-electron chi connectivity index (χ1n) is 7.78. The molecule has 1 aliphatic heterocycles. The zero-order valence-corrected chi connectivity index (χ0v) is 12.7. The van der Waals surface area contributed by atoms with Gasteiger partial charge in [0.25, 0.3) is 0 Å². The van der Waals surface area contributed by atoms with Crippen LogP contribution in [0.1, 0.15) is 37.7 Å². The standard InChI is InChI=1S/C17H22N2O3/c18-12-14-5-3-7-16(11-14)22-10-2-1-8-17(21)19-9-4-6-15(19)13-20/h3,5,7,11,15,20H,1-2,4,6,8-10,13H2/t15-/m1/s1. The zero-order chi connectivity index (χ0) is 15.8. The lowest BCUT2D eigenvalue weighted by atomic mass is 10.2. The van der Waals surface area contributed by atoms with Crippen LogP contribution in [0.2, 0.25) is 0 Å². The molecule has 22 heavy (non-hydrogen) atoms. The highest BCUT2D eigenvalue weighted by atomic mass is 16.5. The van der Waals surface area contributed by atoms with Gasteiger partial charge in [0.2, 0.25) is 5.91 Å². The Morgan fingerprint density at radius 2 is 2.32 bits per heavy atom. The molecule has 1 heterocycles.